The third kappa shape index (κ3) is 7.09. The quantitative estimate of drug-likeness (QED) is 0.416. The maximum Gasteiger partial charge on any atom is 0.255 e. The molecule has 8 nitrogen and oxygen atoms in total. The number of para-hydroxylation sites is 1. The van der Waals surface area contributed by atoms with E-state index in [4.69, 9.17) is 16.3 Å². The van der Waals surface area contributed by atoms with Gasteiger partial charge in [-0.25, -0.2) is 8.42 Å². The second kappa shape index (κ2) is 11.8. The lowest BCUT2D eigenvalue weighted by molar-refractivity contribution is 0.0858. The van der Waals surface area contributed by atoms with Gasteiger partial charge >= 0.3 is 0 Å². The topological polar surface area (TPSA) is 105 Å². The lowest BCUT2D eigenvalue weighted by atomic mass is 10.1. The fourth-order valence-electron chi connectivity index (χ4n) is 4.05. The van der Waals surface area contributed by atoms with E-state index in [1.807, 2.05) is 0 Å². The van der Waals surface area contributed by atoms with Crippen molar-refractivity contribution < 1.29 is 22.7 Å². The number of benzene rings is 3. The first-order valence-corrected chi connectivity index (χ1v) is 14.1. The average molecular weight is 542 g/mol. The lowest BCUT2D eigenvalue weighted by Crippen LogP contribution is -2.32. The number of hydrogen-bond donors (Lipinski definition) is 2. The number of sulfonamides is 1. The van der Waals surface area contributed by atoms with Crippen LogP contribution in [0.4, 0.5) is 11.4 Å². The molecule has 1 heterocycles. The highest BCUT2D eigenvalue weighted by molar-refractivity contribution is 7.92. The predicted molar refractivity (Wildman–Crippen MR) is 145 cm³/mol. The molecule has 0 aliphatic carbocycles. The van der Waals surface area contributed by atoms with Crippen LogP contribution in [0.3, 0.4) is 0 Å². The van der Waals surface area contributed by atoms with Crippen LogP contribution in [0.25, 0.3) is 0 Å². The molecule has 2 N–H and O–H groups in total. The van der Waals surface area contributed by atoms with Gasteiger partial charge in [0.05, 0.1) is 35.8 Å². The molecule has 1 fully saturated rings. The van der Waals surface area contributed by atoms with Gasteiger partial charge in [-0.2, -0.15) is 0 Å². The smallest absolute Gasteiger partial charge is 0.255 e. The fourth-order valence-corrected chi connectivity index (χ4v) is 5.11. The Morgan fingerprint density at radius 3 is 2.46 bits per heavy atom. The molecule has 3 aromatic rings. The molecule has 37 heavy (non-hydrogen) atoms. The van der Waals surface area contributed by atoms with Crippen LogP contribution in [0.5, 0.6) is 0 Å². The van der Waals surface area contributed by atoms with Crippen molar-refractivity contribution in [2.45, 2.75) is 25.5 Å². The molecule has 1 atom stereocenters. The molecule has 1 aliphatic heterocycles. The number of nitrogens with one attached hydrogen (secondary N) is 2. The van der Waals surface area contributed by atoms with Gasteiger partial charge in [0.15, 0.2) is 0 Å². The van der Waals surface area contributed by atoms with Crippen molar-refractivity contribution in [3.63, 3.8) is 0 Å². The summed E-state index contributed by atoms with van der Waals surface area (Å²) in [6, 6.07) is 20.0. The maximum absolute atomic E-state index is 12.9. The van der Waals surface area contributed by atoms with Crippen LogP contribution in [-0.4, -0.2) is 45.7 Å². The van der Waals surface area contributed by atoms with E-state index in [1.165, 1.54) is 4.31 Å². The standard InChI is InChI=1S/C27H28ClN3O5S/c1-37(34,35)31(22-7-4-6-21(28)16-22)18-19-11-13-20(14-12-19)26(32)30-25-10-3-2-9-24(25)27(33)29-17-23-8-5-15-36-23/h2-4,6-7,9-14,16,23H,5,8,15,17-18H2,1H3,(H,29,33)(H,30,32)/t23-/m0/s1. The van der Waals surface area contributed by atoms with E-state index in [0.717, 1.165) is 19.1 Å². The first-order chi connectivity index (χ1) is 17.7. The van der Waals surface area contributed by atoms with E-state index in [2.05, 4.69) is 10.6 Å². The molecular formula is C27H28ClN3O5S. The zero-order chi connectivity index (χ0) is 26.4. The second-order valence-electron chi connectivity index (χ2n) is 8.79. The molecule has 0 bridgehead atoms. The number of carbonyl (C=O) groups excluding carboxylic acids is 2. The minimum atomic E-state index is -3.57. The Morgan fingerprint density at radius 2 is 1.78 bits per heavy atom. The van der Waals surface area contributed by atoms with Crippen molar-refractivity contribution >= 4 is 44.8 Å². The molecule has 0 radical (unpaired) electrons. The van der Waals surface area contributed by atoms with Crippen molar-refractivity contribution in [2.75, 3.05) is 29.0 Å². The van der Waals surface area contributed by atoms with Gasteiger partial charge < -0.3 is 15.4 Å². The van der Waals surface area contributed by atoms with E-state index in [1.54, 1.807) is 72.8 Å². The van der Waals surface area contributed by atoms with E-state index in [-0.39, 0.29) is 24.5 Å². The van der Waals surface area contributed by atoms with Crippen LogP contribution >= 0.6 is 11.6 Å². The molecule has 2 amide bonds. The molecular weight excluding hydrogens is 514 g/mol. The normalized spacial score (nSPS) is 15.2. The van der Waals surface area contributed by atoms with E-state index >= 15 is 0 Å². The molecule has 0 aromatic heterocycles. The number of anilines is 2. The third-order valence-electron chi connectivity index (χ3n) is 5.97. The molecule has 0 unspecified atom stereocenters. The summed E-state index contributed by atoms with van der Waals surface area (Å²) in [7, 11) is -3.57. The number of amides is 2. The Hall–Kier alpha value is -3.40. The van der Waals surface area contributed by atoms with Gasteiger partial charge in [-0.1, -0.05) is 41.9 Å². The predicted octanol–water partition coefficient (Wildman–Crippen LogP) is 4.47. The number of ether oxygens (including phenoxy) is 1. The largest absolute Gasteiger partial charge is 0.376 e. The fraction of sp³-hybridized carbons (Fsp3) is 0.259. The average Bonchev–Trinajstić information content (AvgIpc) is 3.39. The van der Waals surface area contributed by atoms with Gasteiger partial charge in [0.25, 0.3) is 11.8 Å². The molecule has 4 rings (SSSR count). The zero-order valence-corrected chi connectivity index (χ0v) is 21.9. The van der Waals surface area contributed by atoms with Crippen molar-refractivity contribution in [3.05, 3.63) is 94.5 Å². The number of nitrogens with zero attached hydrogens (tertiary/aromatic N) is 1. The van der Waals surface area contributed by atoms with Gasteiger partial charge in [-0.05, 0) is 60.9 Å². The molecule has 1 aliphatic rings. The molecule has 194 valence electrons. The van der Waals surface area contributed by atoms with E-state index < -0.39 is 10.0 Å². The number of rotatable bonds is 9. The SMILES string of the molecule is CS(=O)(=O)N(Cc1ccc(C(=O)Nc2ccccc2C(=O)NC[C@@H]2CCCO2)cc1)c1cccc(Cl)c1. The second-order valence-corrected chi connectivity index (χ2v) is 11.1. The molecule has 10 heteroatoms. The van der Waals surface area contributed by atoms with Crippen LogP contribution in [0.15, 0.2) is 72.8 Å². The van der Waals surface area contributed by atoms with Gasteiger partial charge in [0, 0.05) is 23.7 Å². The van der Waals surface area contributed by atoms with Crippen molar-refractivity contribution in [2.24, 2.45) is 0 Å². The highest BCUT2D eigenvalue weighted by Gasteiger charge is 2.20. The third-order valence-corrected chi connectivity index (χ3v) is 7.35. The van der Waals surface area contributed by atoms with Crippen LogP contribution in [-0.2, 0) is 21.3 Å². The maximum atomic E-state index is 12.9. The lowest BCUT2D eigenvalue weighted by Gasteiger charge is -2.23. The van der Waals surface area contributed by atoms with Crippen LogP contribution in [0.2, 0.25) is 5.02 Å². The first kappa shape index (κ1) is 26.7. The summed E-state index contributed by atoms with van der Waals surface area (Å²) in [5.41, 5.74) is 2.26. The Morgan fingerprint density at radius 1 is 1.03 bits per heavy atom. The van der Waals surface area contributed by atoms with Crippen molar-refractivity contribution in [3.8, 4) is 0 Å². The Kier molecular flexibility index (Phi) is 8.48. The highest BCUT2D eigenvalue weighted by atomic mass is 35.5. The Balaban J connectivity index is 1.44. The number of halogens is 1. The van der Waals surface area contributed by atoms with Gasteiger partial charge in [0.1, 0.15) is 0 Å². The Labute approximate surface area is 221 Å². The van der Waals surface area contributed by atoms with Crippen molar-refractivity contribution in [1.29, 1.82) is 0 Å². The first-order valence-electron chi connectivity index (χ1n) is 11.8. The molecule has 0 spiro atoms. The van der Waals surface area contributed by atoms with Gasteiger partial charge in [0.2, 0.25) is 10.0 Å². The van der Waals surface area contributed by atoms with Crippen LogP contribution in [0.1, 0.15) is 39.1 Å². The number of hydrogen-bond acceptors (Lipinski definition) is 5. The summed E-state index contributed by atoms with van der Waals surface area (Å²) in [5, 5.41) is 6.10. The Bertz CT molecular complexity index is 1370. The summed E-state index contributed by atoms with van der Waals surface area (Å²) in [4.78, 5) is 25.7. The molecule has 3 aromatic carbocycles. The van der Waals surface area contributed by atoms with Crippen molar-refractivity contribution in [1.82, 2.24) is 5.32 Å². The highest BCUT2D eigenvalue weighted by Crippen LogP contribution is 2.24. The minimum Gasteiger partial charge on any atom is -0.376 e. The van der Waals surface area contributed by atoms with Gasteiger partial charge in [-0.15, -0.1) is 0 Å². The number of carbonyl (C=O) groups is 2. The van der Waals surface area contributed by atoms with Crippen LogP contribution in [0, 0.1) is 0 Å². The summed E-state index contributed by atoms with van der Waals surface area (Å²) < 4.78 is 31.6. The zero-order valence-electron chi connectivity index (χ0n) is 20.3. The summed E-state index contributed by atoms with van der Waals surface area (Å²) in [5.74, 6) is -0.677. The van der Waals surface area contributed by atoms with E-state index in [9.17, 15) is 18.0 Å². The monoisotopic (exact) mass is 541 g/mol. The molecule has 0 saturated carbocycles. The van der Waals surface area contributed by atoms with Gasteiger partial charge in [-0.3, -0.25) is 13.9 Å². The van der Waals surface area contributed by atoms with Crippen LogP contribution < -0.4 is 14.9 Å². The minimum absolute atomic E-state index is 0.0155. The summed E-state index contributed by atoms with van der Waals surface area (Å²) in [6.07, 6.45) is 3.04. The van der Waals surface area contributed by atoms with E-state index in [0.29, 0.717) is 46.2 Å². The summed E-state index contributed by atoms with van der Waals surface area (Å²) >= 11 is 6.05. The molecule has 1 saturated heterocycles. The summed E-state index contributed by atoms with van der Waals surface area (Å²) in [6.45, 7) is 1.20.